The third kappa shape index (κ3) is 5.07. The number of carbonyl (C=O) groups excluding carboxylic acids is 1. The third-order valence-corrected chi connectivity index (χ3v) is 4.84. The maximum atomic E-state index is 12.2. The highest BCUT2D eigenvalue weighted by Crippen LogP contribution is 2.22. The summed E-state index contributed by atoms with van der Waals surface area (Å²) in [7, 11) is 1.62. The number of nitrogens with one attached hydrogen (secondary N) is 2. The van der Waals surface area contributed by atoms with Crippen LogP contribution in [0.1, 0.15) is 6.42 Å². The largest absolute Gasteiger partial charge is 0.497 e. The molecule has 2 fully saturated rings. The van der Waals surface area contributed by atoms with Crippen LogP contribution in [-0.2, 0) is 9.47 Å². The van der Waals surface area contributed by atoms with Gasteiger partial charge in [-0.15, -0.1) is 0 Å². The molecule has 3 rings (SSSR count). The zero-order valence-electron chi connectivity index (χ0n) is 14.7. The lowest BCUT2D eigenvalue weighted by molar-refractivity contribution is 0.00222. The lowest BCUT2D eigenvalue weighted by Gasteiger charge is -2.37. The van der Waals surface area contributed by atoms with E-state index in [0.717, 1.165) is 57.4 Å². The van der Waals surface area contributed by atoms with Crippen LogP contribution in [0, 0.1) is 5.92 Å². The first kappa shape index (κ1) is 18.0. The van der Waals surface area contributed by atoms with Crippen LogP contribution in [0.15, 0.2) is 24.3 Å². The Hall–Kier alpha value is -1.83. The summed E-state index contributed by atoms with van der Waals surface area (Å²) >= 11 is 0. The minimum absolute atomic E-state index is 0.192. The molecule has 2 atom stereocenters. The molecule has 0 aliphatic carbocycles. The van der Waals surface area contributed by atoms with Crippen molar-refractivity contribution < 1.29 is 19.0 Å². The van der Waals surface area contributed by atoms with Gasteiger partial charge in [-0.2, -0.15) is 0 Å². The summed E-state index contributed by atoms with van der Waals surface area (Å²) in [5, 5.41) is 5.88. The normalized spacial score (nSPS) is 22.4. The van der Waals surface area contributed by atoms with Crippen molar-refractivity contribution in [1.29, 1.82) is 0 Å². The Morgan fingerprint density at radius 2 is 2.00 bits per heavy atom. The fraction of sp³-hybridized carbons (Fsp3) is 0.611. The van der Waals surface area contributed by atoms with Crippen molar-refractivity contribution in [3.05, 3.63) is 24.3 Å². The van der Waals surface area contributed by atoms with Crippen LogP contribution >= 0.6 is 0 Å². The fourth-order valence-corrected chi connectivity index (χ4v) is 3.41. The monoisotopic (exact) mass is 349 g/mol. The molecular formula is C18H27N3O4. The van der Waals surface area contributed by atoms with Crippen molar-refractivity contribution in [1.82, 2.24) is 10.2 Å². The summed E-state index contributed by atoms with van der Waals surface area (Å²) in [5.41, 5.74) is 0.741. The number of methoxy groups -OCH3 is 1. The van der Waals surface area contributed by atoms with Crippen LogP contribution in [0.2, 0.25) is 0 Å². The van der Waals surface area contributed by atoms with E-state index in [4.69, 9.17) is 14.2 Å². The van der Waals surface area contributed by atoms with Crippen molar-refractivity contribution in [3.8, 4) is 5.75 Å². The zero-order valence-corrected chi connectivity index (χ0v) is 14.7. The number of hydrogen-bond donors (Lipinski definition) is 2. The number of carbonyl (C=O) groups is 1. The highest BCUT2D eigenvalue weighted by Gasteiger charge is 2.31. The number of anilines is 1. The fourth-order valence-electron chi connectivity index (χ4n) is 3.41. The second-order valence-corrected chi connectivity index (χ2v) is 6.40. The Bertz CT molecular complexity index is 540. The van der Waals surface area contributed by atoms with Crippen molar-refractivity contribution >= 4 is 11.7 Å². The predicted octanol–water partition coefficient (Wildman–Crippen LogP) is 1.55. The van der Waals surface area contributed by atoms with E-state index in [2.05, 4.69) is 15.5 Å². The molecule has 2 amide bonds. The van der Waals surface area contributed by atoms with Crippen LogP contribution in [-0.4, -0.2) is 70.1 Å². The van der Waals surface area contributed by atoms with Gasteiger partial charge in [-0.05, 0) is 30.7 Å². The Labute approximate surface area is 148 Å². The molecule has 0 saturated carbocycles. The molecule has 2 aliphatic heterocycles. The number of amides is 2. The summed E-state index contributed by atoms with van der Waals surface area (Å²) in [6, 6.07) is 7.38. The van der Waals surface area contributed by atoms with Gasteiger partial charge in [-0.3, -0.25) is 4.90 Å². The molecular weight excluding hydrogens is 322 g/mol. The Kier molecular flexibility index (Phi) is 6.49. The molecule has 0 spiro atoms. The van der Waals surface area contributed by atoms with Crippen LogP contribution < -0.4 is 15.4 Å². The molecule has 2 N–H and O–H groups in total. The molecule has 138 valence electrons. The van der Waals surface area contributed by atoms with Gasteiger partial charge in [0.25, 0.3) is 0 Å². The van der Waals surface area contributed by atoms with Crippen LogP contribution in [0.5, 0.6) is 5.75 Å². The van der Waals surface area contributed by atoms with Gasteiger partial charge in [-0.25, -0.2) is 4.79 Å². The minimum Gasteiger partial charge on any atom is -0.497 e. The lowest BCUT2D eigenvalue weighted by Crippen LogP contribution is -2.52. The number of nitrogens with zero attached hydrogens (tertiary/aromatic N) is 1. The summed E-state index contributed by atoms with van der Waals surface area (Å²) < 4.78 is 16.1. The van der Waals surface area contributed by atoms with Gasteiger partial charge in [-0.1, -0.05) is 0 Å². The van der Waals surface area contributed by atoms with Gasteiger partial charge in [0.2, 0.25) is 0 Å². The molecule has 0 radical (unpaired) electrons. The summed E-state index contributed by atoms with van der Waals surface area (Å²) in [4.78, 5) is 14.7. The molecule has 1 aromatic rings. The molecule has 0 aromatic heterocycles. The maximum absolute atomic E-state index is 12.2. The van der Waals surface area contributed by atoms with Crippen LogP contribution in [0.4, 0.5) is 10.5 Å². The van der Waals surface area contributed by atoms with E-state index in [1.807, 2.05) is 24.3 Å². The van der Waals surface area contributed by atoms with Crippen LogP contribution in [0.3, 0.4) is 0 Å². The Morgan fingerprint density at radius 1 is 1.24 bits per heavy atom. The second-order valence-electron chi connectivity index (χ2n) is 6.40. The molecule has 1 aromatic carbocycles. The standard InChI is InChI=1S/C18H27N3O4/c1-23-16-4-2-15(3-5-16)20-18(22)19-12-17(14-6-9-25-13-14)21-7-10-24-11-8-21/h2-5,14,17H,6-13H2,1H3,(H2,19,20,22)/t14-,17+/m0/s1. The predicted molar refractivity (Wildman–Crippen MR) is 95.1 cm³/mol. The van der Waals surface area contributed by atoms with Gasteiger partial charge in [0, 0.05) is 43.9 Å². The van der Waals surface area contributed by atoms with Crippen molar-refractivity contribution in [2.45, 2.75) is 12.5 Å². The minimum atomic E-state index is -0.192. The first-order valence-corrected chi connectivity index (χ1v) is 8.84. The SMILES string of the molecule is COc1ccc(NC(=O)NC[C@H]([C@H]2CCOC2)N2CCOCC2)cc1. The Morgan fingerprint density at radius 3 is 2.64 bits per heavy atom. The van der Waals surface area contributed by atoms with Gasteiger partial charge < -0.3 is 24.8 Å². The molecule has 0 unspecified atom stereocenters. The topological polar surface area (TPSA) is 72.1 Å². The van der Waals surface area contributed by atoms with E-state index in [1.165, 1.54) is 0 Å². The summed E-state index contributed by atoms with van der Waals surface area (Å²) in [6.45, 7) is 5.50. The van der Waals surface area contributed by atoms with E-state index in [0.29, 0.717) is 12.5 Å². The van der Waals surface area contributed by atoms with Gasteiger partial charge in [0.15, 0.2) is 0 Å². The first-order chi connectivity index (χ1) is 12.3. The van der Waals surface area contributed by atoms with Crippen molar-refractivity contribution in [2.24, 2.45) is 5.92 Å². The first-order valence-electron chi connectivity index (χ1n) is 8.84. The number of urea groups is 1. The van der Waals surface area contributed by atoms with Gasteiger partial charge in [0.05, 0.1) is 26.9 Å². The van der Waals surface area contributed by atoms with Gasteiger partial charge in [0.1, 0.15) is 5.75 Å². The number of rotatable bonds is 6. The zero-order chi connectivity index (χ0) is 17.5. The van der Waals surface area contributed by atoms with E-state index >= 15 is 0 Å². The Balaban J connectivity index is 1.52. The van der Waals surface area contributed by atoms with E-state index in [1.54, 1.807) is 7.11 Å². The molecule has 25 heavy (non-hydrogen) atoms. The maximum Gasteiger partial charge on any atom is 0.319 e. The summed E-state index contributed by atoms with van der Waals surface area (Å²) in [5.74, 6) is 1.22. The highest BCUT2D eigenvalue weighted by molar-refractivity contribution is 5.89. The quantitative estimate of drug-likeness (QED) is 0.815. The molecule has 0 bridgehead atoms. The molecule has 2 aliphatic rings. The molecule has 2 saturated heterocycles. The highest BCUT2D eigenvalue weighted by atomic mass is 16.5. The van der Waals surface area contributed by atoms with Crippen molar-refractivity contribution in [3.63, 3.8) is 0 Å². The third-order valence-electron chi connectivity index (χ3n) is 4.84. The van der Waals surface area contributed by atoms with Gasteiger partial charge >= 0.3 is 6.03 Å². The molecule has 7 heteroatoms. The lowest BCUT2D eigenvalue weighted by atomic mass is 9.97. The van der Waals surface area contributed by atoms with Crippen molar-refractivity contribution in [2.75, 3.05) is 58.5 Å². The van der Waals surface area contributed by atoms with E-state index in [-0.39, 0.29) is 12.1 Å². The average molecular weight is 349 g/mol. The van der Waals surface area contributed by atoms with E-state index < -0.39 is 0 Å². The number of hydrogen-bond acceptors (Lipinski definition) is 5. The molecule has 7 nitrogen and oxygen atoms in total. The summed E-state index contributed by atoms with van der Waals surface area (Å²) in [6.07, 6.45) is 1.05. The number of ether oxygens (including phenoxy) is 3. The second kappa shape index (κ2) is 9.03. The van der Waals surface area contributed by atoms with Crippen LogP contribution in [0.25, 0.3) is 0 Å². The average Bonchev–Trinajstić information content (AvgIpc) is 3.18. The number of morpholine rings is 1. The number of benzene rings is 1. The smallest absolute Gasteiger partial charge is 0.319 e. The van der Waals surface area contributed by atoms with E-state index in [9.17, 15) is 4.79 Å². The molecule has 2 heterocycles.